The summed E-state index contributed by atoms with van der Waals surface area (Å²) in [5, 5.41) is 8.70. The highest BCUT2D eigenvalue weighted by molar-refractivity contribution is 7.89. The summed E-state index contributed by atoms with van der Waals surface area (Å²) in [6, 6.07) is 0. The number of aliphatic hydroxyl groups is 1. The van der Waals surface area contributed by atoms with Crippen molar-refractivity contribution in [1.29, 1.82) is 0 Å². The van der Waals surface area contributed by atoms with Gasteiger partial charge in [0.15, 0.2) is 0 Å². The van der Waals surface area contributed by atoms with Crippen molar-refractivity contribution in [2.45, 2.75) is 45.7 Å². The molecule has 0 heterocycles. The number of nitrogens with one attached hydrogen (secondary N) is 1. The van der Waals surface area contributed by atoms with E-state index in [4.69, 9.17) is 5.11 Å². The predicted octanol–water partition coefficient (Wildman–Crippen LogP) is 2.05. The maximum absolute atomic E-state index is 11.9. The highest BCUT2D eigenvalue weighted by Gasteiger charge is 2.28. The SMILES string of the molecule is CC(C)(CCCO)CNS(=O)(=O)CCCC(F)(F)F. The summed E-state index contributed by atoms with van der Waals surface area (Å²) in [5.74, 6) is -0.525. The molecule has 4 nitrogen and oxygen atoms in total. The Labute approximate surface area is 112 Å². The molecule has 0 aliphatic heterocycles. The van der Waals surface area contributed by atoms with E-state index >= 15 is 0 Å². The average molecular weight is 305 g/mol. The molecule has 0 aromatic heterocycles. The zero-order valence-electron chi connectivity index (χ0n) is 11.3. The van der Waals surface area contributed by atoms with E-state index in [2.05, 4.69) is 4.72 Å². The van der Waals surface area contributed by atoms with Crippen LogP contribution in [0.1, 0.15) is 39.5 Å². The summed E-state index contributed by atoms with van der Waals surface area (Å²) >= 11 is 0. The molecule has 0 rings (SSSR count). The Kier molecular flexibility index (Phi) is 7.31. The molecule has 0 aliphatic carbocycles. The van der Waals surface area contributed by atoms with Gasteiger partial charge in [0.1, 0.15) is 0 Å². The first-order valence-electron chi connectivity index (χ1n) is 6.12. The lowest BCUT2D eigenvalue weighted by Gasteiger charge is -2.24. The third kappa shape index (κ3) is 11.2. The zero-order chi connectivity index (χ0) is 15.2. The van der Waals surface area contributed by atoms with E-state index < -0.39 is 34.8 Å². The molecule has 0 bridgehead atoms. The van der Waals surface area contributed by atoms with E-state index in [0.29, 0.717) is 12.8 Å². The Morgan fingerprint density at radius 1 is 1.11 bits per heavy atom. The number of sulfonamides is 1. The van der Waals surface area contributed by atoms with E-state index in [-0.39, 0.29) is 18.6 Å². The first-order valence-corrected chi connectivity index (χ1v) is 7.78. The fraction of sp³-hybridized carbons (Fsp3) is 1.00. The smallest absolute Gasteiger partial charge is 0.389 e. The molecule has 0 fully saturated rings. The second-order valence-electron chi connectivity index (χ2n) is 5.35. The molecule has 0 aliphatic rings. The van der Waals surface area contributed by atoms with Crippen LogP contribution in [-0.2, 0) is 10.0 Å². The van der Waals surface area contributed by atoms with Crippen LogP contribution in [0.5, 0.6) is 0 Å². The van der Waals surface area contributed by atoms with Crippen molar-refractivity contribution in [3.63, 3.8) is 0 Å². The van der Waals surface area contributed by atoms with Crippen molar-refractivity contribution in [2.75, 3.05) is 18.9 Å². The highest BCUT2D eigenvalue weighted by atomic mass is 32.2. The summed E-state index contributed by atoms with van der Waals surface area (Å²) in [4.78, 5) is 0. The Hall–Kier alpha value is -0.340. The number of halogens is 3. The van der Waals surface area contributed by atoms with Crippen molar-refractivity contribution in [3.05, 3.63) is 0 Å². The molecule has 0 aromatic rings. The summed E-state index contributed by atoms with van der Waals surface area (Å²) in [6.45, 7) is 3.85. The summed E-state index contributed by atoms with van der Waals surface area (Å²) < 4.78 is 61.1. The molecule has 2 N–H and O–H groups in total. The standard InChI is InChI=1S/C11H22F3NO3S/c1-10(2,5-3-7-16)9-15-19(17,18)8-4-6-11(12,13)14/h15-16H,3-9H2,1-2H3. The third-order valence-corrected chi connectivity index (χ3v) is 4.07. The minimum absolute atomic E-state index is 0.0295. The molecule has 0 saturated heterocycles. The van der Waals surface area contributed by atoms with Gasteiger partial charge < -0.3 is 5.11 Å². The number of rotatable bonds is 9. The maximum atomic E-state index is 11.9. The van der Waals surface area contributed by atoms with Gasteiger partial charge in [-0.25, -0.2) is 13.1 Å². The van der Waals surface area contributed by atoms with Crippen LogP contribution < -0.4 is 4.72 Å². The molecule has 0 unspecified atom stereocenters. The largest absolute Gasteiger partial charge is 0.396 e. The minimum atomic E-state index is -4.32. The quantitative estimate of drug-likeness (QED) is 0.685. The average Bonchev–Trinajstić information content (AvgIpc) is 2.22. The number of alkyl halides is 3. The molecule has 19 heavy (non-hydrogen) atoms. The van der Waals surface area contributed by atoms with Gasteiger partial charge in [-0.3, -0.25) is 0 Å². The molecule has 0 saturated carbocycles. The van der Waals surface area contributed by atoms with Crippen molar-refractivity contribution in [3.8, 4) is 0 Å². The minimum Gasteiger partial charge on any atom is -0.396 e. The van der Waals surface area contributed by atoms with E-state index in [9.17, 15) is 21.6 Å². The van der Waals surface area contributed by atoms with Crippen molar-refractivity contribution < 1.29 is 26.7 Å². The van der Waals surface area contributed by atoms with Crippen LogP contribution in [0.3, 0.4) is 0 Å². The number of hydrogen-bond acceptors (Lipinski definition) is 3. The third-order valence-electron chi connectivity index (χ3n) is 2.66. The first-order chi connectivity index (χ1) is 8.47. The van der Waals surface area contributed by atoms with Crippen LogP contribution in [0.25, 0.3) is 0 Å². The second kappa shape index (κ2) is 7.44. The maximum Gasteiger partial charge on any atom is 0.389 e. The Morgan fingerprint density at radius 3 is 2.16 bits per heavy atom. The molecular weight excluding hydrogens is 283 g/mol. The van der Waals surface area contributed by atoms with E-state index in [1.54, 1.807) is 0 Å². The van der Waals surface area contributed by atoms with Crippen molar-refractivity contribution in [2.24, 2.45) is 5.41 Å². The van der Waals surface area contributed by atoms with Gasteiger partial charge in [0.2, 0.25) is 10.0 Å². The molecular formula is C11H22F3NO3S. The van der Waals surface area contributed by atoms with Crippen LogP contribution >= 0.6 is 0 Å². The van der Waals surface area contributed by atoms with Gasteiger partial charge in [-0.1, -0.05) is 13.8 Å². The monoisotopic (exact) mass is 305 g/mol. The lowest BCUT2D eigenvalue weighted by molar-refractivity contribution is -0.134. The zero-order valence-corrected chi connectivity index (χ0v) is 12.1. The van der Waals surface area contributed by atoms with Gasteiger partial charge >= 0.3 is 6.18 Å². The van der Waals surface area contributed by atoms with Crippen LogP contribution in [0.2, 0.25) is 0 Å². The summed E-state index contributed by atoms with van der Waals surface area (Å²) in [6.07, 6.45) is -4.66. The lowest BCUT2D eigenvalue weighted by Crippen LogP contribution is -2.35. The second-order valence-corrected chi connectivity index (χ2v) is 7.28. The van der Waals surface area contributed by atoms with Crippen LogP contribution in [-0.4, -0.2) is 38.6 Å². The van der Waals surface area contributed by atoms with Gasteiger partial charge in [0.25, 0.3) is 0 Å². The summed E-state index contributed by atoms with van der Waals surface area (Å²) in [5.41, 5.74) is -0.334. The van der Waals surface area contributed by atoms with Gasteiger partial charge in [-0.05, 0) is 24.7 Å². The Bertz CT molecular complexity index is 353. The van der Waals surface area contributed by atoms with E-state index in [1.165, 1.54) is 0 Å². The van der Waals surface area contributed by atoms with E-state index in [0.717, 1.165) is 0 Å². The van der Waals surface area contributed by atoms with E-state index in [1.807, 2.05) is 13.8 Å². The fourth-order valence-corrected chi connectivity index (χ4v) is 2.77. The molecule has 116 valence electrons. The molecule has 0 atom stereocenters. The fourth-order valence-electron chi connectivity index (χ4n) is 1.49. The van der Waals surface area contributed by atoms with Gasteiger partial charge in [-0.15, -0.1) is 0 Å². The molecule has 0 spiro atoms. The molecule has 0 aromatic carbocycles. The normalized spacial score (nSPS) is 13.8. The first kappa shape index (κ1) is 18.7. The van der Waals surface area contributed by atoms with Gasteiger partial charge in [0, 0.05) is 19.6 Å². The lowest BCUT2D eigenvalue weighted by atomic mass is 9.88. The van der Waals surface area contributed by atoms with Crippen LogP contribution in [0.4, 0.5) is 13.2 Å². The number of hydrogen-bond donors (Lipinski definition) is 2. The number of aliphatic hydroxyl groups excluding tert-OH is 1. The van der Waals surface area contributed by atoms with Gasteiger partial charge in [0.05, 0.1) is 5.75 Å². The highest BCUT2D eigenvalue weighted by Crippen LogP contribution is 2.23. The van der Waals surface area contributed by atoms with Crippen molar-refractivity contribution >= 4 is 10.0 Å². The van der Waals surface area contributed by atoms with Crippen molar-refractivity contribution in [1.82, 2.24) is 4.72 Å². The van der Waals surface area contributed by atoms with Crippen LogP contribution in [0, 0.1) is 5.41 Å². The Balaban J connectivity index is 4.10. The predicted molar refractivity (Wildman–Crippen MR) is 67.2 cm³/mol. The Morgan fingerprint density at radius 2 is 1.68 bits per heavy atom. The molecule has 0 radical (unpaired) electrons. The molecule has 0 amide bonds. The van der Waals surface area contributed by atoms with Crippen LogP contribution in [0.15, 0.2) is 0 Å². The van der Waals surface area contributed by atoms with Gasteiger partial charge in [-0.2, -0.15) is 13.2 Å². The topological polar surface area (TPSA) is 66.4 Å². The molecule has 8 heteroatoms. The summed E-state index contributed by atoms with van der Waals surface area (Å²) in [7, 11) is -3.67.